The van der Waals surface area contributed by atoms with Crippen molar-refractivity contribution in [2.45, 2.75) is 18.9 Å². The topological polar surface area (TPSA) is 73.3 Å². The van der Waals surface area contributed by atoms with Crippen LogP contribution in [0.2, 0.25) is 0 Å². The van der Waals surface area contributed by atoms with Crippen molar-refractivity contribution in [2.24, 2.45) is 0 Å². The van der Waals surface area contributed by atoms with E-state index in [2.05, 4.69) is 57.5 Å². The van der Waals surface area contributed by atoms with Crippen LogP contribution in [0.4, 0.5) is 5.95 Å². The molecular formula is C27H25N7S. The van der Waals surface area contributed by atoms with Gasteiger partial charge in [-0.05, 0) is 56.8 Å². The first-order valence-corrected chi connectivity index (χ1v) is 12.6. The van der Waals surface area contributed by atoms with Gasteiger partial charge in [-0.15, -0.1) is 11.3 Å². The third-order valence-electron chi connectivity index (χ3n) is 6.91. The van der Waals surface area contributed by atoms with Crippen LogP contribution in [0.25, 0.3) is 38.2 Å². The van der Waals surface area contributed by atoms with Gasteiger partial charge in [0.05, 0.1) is 38.6 Å². The molecule has 0 unspecified atom stereocenters. The first-order chi connectivity index (χ1) is 17.1. The number of fused-ring (bicyclic) bond motifs is 2. The summed E-state index contributed by atoms with van der Waals surface area (Å²) >= 11 is 1.64. The summed E-state index contributed by atoms with van der Waals surface area (Å²) in [5.74, 6) is 0.910. The molecule has 4 heterocycles. The largest absolute Gasteiger partial charge is 0.342 e. The molecule has 0 bridgehead atoms. The SMILES string of the molecule is CN(C)C1CCN(c2nc(-c3ccc(C#N)cc3)c(-c3ccc4scnc4c3)c3nccn23)CC1. The van der Waals surface area contributed by atoms with Gasteiger partial charge in [0.15, 0.2) is 0 Å². The molecule has 2 aromatic carbocycles. The van der Waals surface area contributed by atoms with E-state index < -0.39 is 0 Å². The summed E-state index contributed by atoms with van der Waals surface area (Å²) in [6.07, 6.45) is 6.04. The number of rotatable bonds is 4. The maximum atomic E-state index is 9.31. The van der Waals surface area contributed by atoms with Crippen LogP contribution in [-0.4, -0.2) is 57.5 Å². The Bertz CT molecular complexity index is 1550. The third kappa shape index (κ3) is 3.83. The molecule has 174 valence electrons. The molecule has 1 fully saturated rings. The molecule has 3 aromatic heterocycles. The first kappa shape index (κ1) is 21.7. The van der Waals surface area contributed by atoms with Crippen molar-refractivity contribution in [1.29, 1.82) is 5.26 Å². The molecule has 0 amide bonds. The zero-order valence-electron chi connectivity index (χ0n) is 19.7. The van der Waals surface area contributed by atoms with Crippen molar-refractivity contribution in [2.75, 3.05) is 32.1 Å². The van der Waals surface area contributed by atoms with Gasteiger partial charge < -0.3 is 9.80 Å². The highest BCUT2D eigenvalue weighted by Gasteiger charge is 2.26. The van der Waals surface area contributed by atoms with E-state index in [0.717, 1.165) is 70.1 Å². The van der Waals surface area contributed by atoms with Gasteiger partial charge in [0.1, 0.15) is 5.65 Å². The zero-order chi connectivity index (χ0) is 23.9. The van der Waals surface area contributed by atoms with Crippen LogP contribution in [-0.2, 0) is 0 Å². The number of hydrogen-bond acceptors (Lipinski definition) is 7. The second-order valence-corrected chi connectivity index (χ2v) is 10.0. The lowest BCUT2D eigenvalue weighted by Gasteiger charge is -2.36. The Morgan fingerprint density at radius 1 is 1.03 bits per heavy atom. The summed E-state index contributed by atoms with van der Waals surface area (Å²) in [6, 6.07) is 16.8. The van der Waals surface area contributed by atoms with E-state index in [9.17, 15) is 5.26 Å². The van der Waals surface area contributed by atoms with Crippen LogP contribution < -0.4 is 4.90 Å². The van der Waals surface area contributed by atoms with Gasteiger partial charge in [-0.3, -0.25) is 4.40 Å². The number of imidazole rings is 1. The van der Waals surface area contributed by atoms with E-state index in [4.69, 9.17) is 9.97 Å². The number of hydrogen-bond donors (Lipinski definition) is 0. The fraction of sp³-hybridized carbons (Fsp3) is 0.259. The fourth-order valence-corrected chi connectivity index (χ4v) is 5.62. The molecule has 0 aliphatic carbocycles. The van der Waals surface area contributed by atoms with E-state index in [0.29, 0.717) is 11.6 Å². The number of aromatic nitrogens is 4. The predicted octanol–water partition coefficient (Wildman–Crippen LogP) is 5.08. The Morgan fingerprint density at radius 2 is 1.80 bits per heavy atom. The predicted molar refractivity (Wildman–Crippen MR) is 141 cm³/mol. The Kier molecular flexibility index (Phi) is 5.44. The molecule has 1 saturated heterocycles. The molecule has 35 heavy (non-hydrogen) atoms. The molecule has 5 aromatic rings. The van der Waals surface area contributed by atoms with E-state index in [-0.39, 0.29) is 0 Å². The highest BCUT2D eigenvalue weighted by molar-refractivity contribution is 7.16. The molecule has 8 heteroatoms. The van der Waals surface area contributed by atoms with Gasteiger partial charge >= 0.3 is 0 Å². The summed E-state index contributed by atoms with van der Waals surface area (Å²) < 4.78 is 3.27. The van der Waals surface area contributed by atoms with Crippen LogP contribution in [0.1, 0.15) is 18.4 Å². The van der Waals surface area contributed by atoms with Gasteiger partial charge in [-0.25, -0.2) is 15.0 Å². The molecule has 0 N–H and O–H groups in total. The standard InChI is InChI=1S/C27H25N7S/c1-32(2)21-9-12-33(13-10-21)27-31-25(19-5-3-18(16-28)4-6-19)24(26-29-11-14-34(26)27)20-7-8-23-22(15-20)30-17-35-23/h3-8,11,14-15,17,21H,9-10,12-13H2,1-2H3. The Morgan fingerprint density at radius 3 is 2.54 bits per heavy atom. The molecule has 0 saturated carbocycles. The number of nitriles is 1. The van der Waals surface area contributed by atoms with Crippen LogP contribution in [0.15, 0.2) is 60.4 Å². The summed E-state index contributed by atoms with van der Waals surface area (Å²) in [5.41, 5.74) is 8.19. The highest BCUT2D eigenvalue weighted by atomic mass is 32.1. The van der Waals surface area contributed by atoms with Gasteiger partial charge in [0, 0.05) is 37.1 Å². The van der Waals surface area contributed by atoms with Gasteiger partial charge in [0.25, 0.3) is 0 Å². The van der Waals surface area contributed by atoms with Gasteiger partial charge in [0.2, 0.25) is 5.95 Å². The molecule has 1 aliphatic heterocycles. The molecule has 1 aliphatic rings. The average Bonchev–Trinajstić information content (AvgIpc) is 3.57. The van der Waals surface area contributed by atoms with E-state index in [1.807, 2.05) is 42.2 Å². The normalized spacial score (nSPS) is 14.7. The minimum Gasteiger partial charge on any atom is -0.342 e. The molecule has 6 rings (SSSR count). The minimum atomic E-state index is 0.589. The molecule has 0 radical (unpaired) electrons. The summed E-state index contributed by atoms with van der Waals surface area (Å²) in [6.45, 7) is 1.89. The zero-order valence-corrected chi connectivity index (χ0v) is 20.5. The second kappa shape index (κ2) is 8.77. The van der Waals surface area contributed by atoms with Crippen molar-refractivity contribution >= 4 is 33.1 Å². The van der Waals surface area contributed by atoms with Crippen molar-refractivity contribution in [3.05, 3.63) is 65.9 Å². The number of benzene rings is 2. The number of piperidine rings is 1. The highest BCUT2D eigenvalue weighted by Crippen LogP contribution is 2.38. The lowest BCUT2D eigenvalue weighted by atomic mass is 9.99. The monoisotopic (exact) mass is 479 g/mol. The van der Waals surface area contributed by atoms with E-state index in [1.54, 1.807) is 11.3 Å². The Balaban J connectivity index is 1.55. The summed E-state index contributed by atoms with van der Waals surface area (Å²) in [7, 11) is 4.31. The molecule has 0 atom stereocenters. The third-order valence-corrected chi connectivity index (χ3v) is 7.72. The second-order valence-electron chi connectivity index (χ2n) is 9.16. The van der Waals surface area contributed by atoms with E-state index >= 15 is 0 Å². The quantitative estimate of drug-likeness (QED) is 0.358. The molecule has 0 spiro atoms. The minimum absolute atomic E-state index is 0.589. The lowest BCUT2D eigenvalue weighted by molar-refractivity contribution is 0.249. The Labute approximate surface area is 207 Å². The van der Waals surface area contributed by atoms with Crippen molar-refractivity contribution in [3.8, 4) is 28.5 Å². The van der Waals surface area contributed by atoms with Crippen molar-refractivity contribution in [1.82, 2.24) is 24.3 Å². The maximum absolute atomic E-state index is 9.31. The van der Waals surface area contributed by atoms with Crippen molar-refractivity contribution < 1.29 is 0 Å². The maximum Gasteiger partial charge on any atom is 0.211 e. The average molecular weight is 480 g/mol. The smallest absolute Gasteiger partial charge is 0.211 e. The van der Waals surface area contributed by atoms with Gasteiger partial charge in [-0.1, -0.05) is 18.2 Å². The van der Waals surface area contributed by atoms with Crippen LogP contribution in [0.5, 0.6) is 0 Å². The van der Waals surface area contributed by atoms with Crippen LogP contribution >= 0.6 is 11.3 Å². The molecular weight excluding hydrogens is 454 g/mol. The summed E-state index contributed by atoms with van der Waals surface area (Å²) in [5, 5.41) is 9.31. The number of nitrogens with zero attached hydrogens (tertiary/aromatic N) is 7. The van der Waals surface area contributed by atoms with Crippen LogP contribution in [0, 0.1) is 11.3 Å². The first-order valence-electron chi connectivity index (χ1n) is 11.7. The number of thiazole rings is 1. The fourth-order valence-electron chi connectivity index (χ4n) is 4.96. The molecule has 7 nitrogen and oxygen atoms in total. The Hall–Kier alpha value is -3.80. The van der Waals surface area contributed by atoms with Crippen molar-refractivity contribution in [3.63, 3.8) is 0 Å². The lowest BCUT2D eigenvalue weighted by Crippen LogP contribution is -2.43. The van der Waals surface area contributed by atoms with Crippen LogP contribution in [0.3, 0.4) is 0 Å². The summed E-state index contributed by atoms with van der Waals surface area (Å²) in [4.78, 5) is 19.3. The van der Waals surface area contributed by atoms with E-state index in [1.165, 1.54) is 0 Å². The number of anilines is 1. The van der Waals surface area contributed by atoms with Gasteiger partial charge in [-0.2, -0.15) is 5.26 Å².